The van der Waals surface area contributed by atoms with Gasteiger partial charge in [0.25, 0.3) is 5.91 Å². The molecule has 27 heavy (non-hydrogen) atoms. The number of likely N-dealkylation sites (N-methyl/N-ethyl adjacent to an activating group) is 1. The number of nitrogens with zero attached hydrogens (tertiary/aromatic N) is 3. The first-order chi connectivity index (χ1) is 13.1. The molecule has 138 valence electrons. The van der Waals surface area contributed by atoms with Crippen molar-refractivity contribution >= 4 is 27.5 Å². The number of carbonyl (C=O) groups excluding carboxylic acids is 1. The molecule has 0 spiro atoms. The van der Waals surface area contributed by atoms with Gasteiger partial charge in [-0.2, -0.15) is 0 Å². The van der Waals surface area contributed by atoms with Crippen molar-refractivity contribution in [3.63, 3.8) is 0 Å². The van der Waals surface area contributed by atoms with Gasteiger partial charge in [-0.05, 0) is 36.9 Å². The summed E-state index contributed by atoms with van der Waals surface area (Å²) >= 11 is 3.61. The Morgan fingerprint density at radius 1 is 0.926 bits per heavy atom. The minimum Gasteiger partial charge on any atom is -0.340 e. The minimum absolute atomic E-state index is 0.0403. The Bertz CT molecular complexity index is 995. The van der Waals surface area contributed by atoms with Crippen molar-refractivity contribution < 1.29 is 4.79 Å². The van der Waals surface area contributed by atoms with E-state index in [1.807, 2.05) is 65.0 Å². The Morgan fingerprint density at radius 2 is 1.67 bits per heavy atom. The molecule has 5 heteroatoms. The van der Waals surface area contributed by atoms with Crippen LogP contribution in [-0.4, -0.2) is 35.5 Å². The molecule has 0 atom stereocenters. The molecule has 0 saturated carbocycles. The van der Waals surface area contributed by atoms with Crippen LogP contribution < -0.4 is 4.90 Å². The van der Waals surface area contributed by atoms with E-state index in [4.69, 9.17) is 0 Å². The summed E-state index contributed by atoms with van der Waals surface area (Å²) < 4.78 is 3.01. The van der Waals surface area contributed by atoms with E-state index in [2.05, 4.69) is 40.0 Å². The van der Waals surface area contributed by atoms with Crippen molar-refractivity contribution in [1.29, 1.82) is 0 Å². The third-order valence-electron chi connectivity index (χ3n) is 5.16. The molecule has 4 nitrogen and oxygen atoms in total. The molecule has 1 aromatic heterocycles. The zero-order chi connectivity index (χ0) is 19.0. The Morgan fingerprint density at radius 3 is 2.48 bits per heavy atom. The number of benzene rings is 2. The summed E-state index contributed by atoms with van der Waals surface area (Å²) in [7, 11) is 4.05. The summed E-state index contributed by atoms with van der Waals surface area (Å²) in [5.74, 6) is 0.0403. The second kappa shape index (κ2) is 7.33. The highest BCUT2D eigenvalue weighted by molar-refractivity contribution is 9.10. The maximum atomic E-state index is 13.4. The fraction of sp³-hybridized carbons (Fsp3) is 0.227. The van der Waals surface area contributed by atoms with Gasteiger partial charge in [-0.25, -0.2) is 0 Å². The average molecular weight is 424 g/mol. The molecule has 0 unspecified atom stereocenters. The number of halogens is 1. The molecule has 1 aliphatic rings. The van der Waals surface area contributed by atoms with Gasteiger partial charge in [-0.3, -0.25) is 4.79 Å². The van der Waals surface area contributed by atoms with Gasteiger partial charge in [0.2, 0.25) is 0 Å². The molecule has 0 saturated heterocycles. The first kappa shape index (κ1) is 18.0. The van der Waals surface area contributed by atoms with Gasteiger partial charge in [-0.15, -0.1) is 0 Å². The van der Waals surface area contributed by atoms with Gasteiger partial charge in [0, 0.05) is 48.1 Å². The molecule has 0 N–H and O–H groups in total. The second-order valence-electron chi connectivity index (χ2n) is 6.97. The Kier molecular flexibility index (Phi) is 4.89. The third kappa shape index (κ3) is 3.33. The average Bonchev–Trinajstić information content (AvgIpc) is 2.95. The Labute approximate surface area is 168 Å². The predicted molar refractivity (Wildman–Crippen MR) is 113 cm³/mol. The summed E-state index contributed by atoms with van der Waals surface area (Å²) in [6.07, 6.45) is 0. The maximum absolute atomic E-state index is 13.4. The van der Waals surface area contributed by atoms with Crippen LogP contribution in [0.25, 0.3) is 11.3 Å². The molecule has 0 radical (unpaired) electrons. The van der Waals surface area contributed by atoms with Crippen LogP contribution in [0.3, 0.4) is 0 Å². The standard InChI is InChI=1S/C22H22BrN3O/c1-24-13-14-26(19-10-6-3-7-16(19)15-24)22(27)21-12-11-20(25(21)2)17-8-4-5-9-18(17)23/h3-12H,13-15H2,1-2H3. The maximum Gasteiger partial charge on any atom is 0.274 e. The molecule has 4 rings (SSSR count). The van der Waals surface area contributed by atoms with E-state index in [0.29, 0.717) is 12.2 Å². The van der Waals surface area contributed by atoms with Crippen LogP contribution in [-0.2, 0) is 13.6 Å². The van der Waals surface area contributed by atoms with Crippen LogP contribution in [0.4, 0.5) is 5.69 Å². The molecule has 3 aromatic rings. The number of aromatic nitrogens is 1. The molecule has 2 aromatic carbocycles. The normalized spacial score (nSPS) is 14.7. The smallest absolute Gasteiger partial charge is 0.274 e. The number of amides is 1. The number of hydrogen-bond donors (Lipinski definition) is 0. The largest absolute Gasteiger partial charge is 0.340 e. The molecule has 1 amide bonds. The van der Waals surface area contributed by atoms with Crippen molar-refractivity contribution in [3.8, 4) is 11.3 Å². The fourth-order valence-electron chi connectivity index (χ4n) is 3.68. The van der Waals surface area contributed by atoms with Crippen LogP contribution in [0.2, 0.25) is 0 Å². The third-order valence-corrected chi connectivity index (χ3v) is 5.86. The van der Waals surface area contributed by atoms with Gasteiger partial charge in [0.15, 0.2) is 0 Å². The van der Waals surface area contributed by atoms with Crippen molar-refractivity contribution in [2.75, 3.05) is 25.0 Å². The van der Waals surface area contributed by atoms with Crippen molar-refractivity contribution in [3.05, 3.63) is 76.4 Å². The lowest BCUT2D eigenvalue weighted by molar-refractivity contribution is 0.0978. The van der Waals surface area contributed by atoms with Crippen LogP contribution in [0.1, 0.15) is 16.1 Å². The summed E-state index contributed by atoms with van der Waals surface area (Å²) in [4.78, 5) is 17.6. The van der Waals surface area contributed by atoms with E-state index in [0.717, 1.165) is 34.5 Å². The van der Waals surface area contributed by atoms with Gasteiger partial charge >= 0.3 is 0 Å². The van der Waals surface area contributed by atoms with E-state index >= 15 is 0 Å². The Hall–Kier alpha value is -2.37. The second-order valence-corrected chi connectivity index (χ2v) is 7.82. The molecule has 2 heterocycles. The van der Waals surface area contributed by atoms with Crippen molar-refractivity contribution in [2.45, 2.75) is 6.54 Å². The van der Waals surface area contributed by atoms with Gasteiger partial charge in [0.1, 0.15) is 5.69 Å². The SMILES string of the molecule is CN1CCN(C(=O)c2ccc(-c3ccccc3Br)n2C)c2ccccc2C1. The topological polar surface area (TPSA) is 28.5 Å². The lowest BCUT2D eigenvalue weighted by Gasteiger charge is -2.23. The van der Waals surface area contributed by atoms with E-state index in [1.54, 1.807) is 0 Å². The molecular weight excluding hydrogens is 402 g/mol. The zero-order valence-corrected chi connectivity index (χ0v) is 17.1. The highest BCUT2D eigenvalue weighted by Gasteiger charge is 2.26. The fourth-order valence-corrected chi connectivity index (χ4v) is 4.17. The van der Waals surface area contributed by atoms with Crippen LogP contribution in [0.15, 0.2) is 65.1 Å². The minimum atomic E-state index is 0.0403. The van der Waals surface area contributed by atoms with Gasteiger partial charge < -0.3 is 14.4 Å². The lowest BCUT2D eigenvalue weighted by atomic mass is 10.1. The van der Waals surface area contributed by atoms with E-state index < -0.39 is 0 Å². The molecular formula is C22H22BrN3O. The highest BCUT2D eigenvalue weighted by Crippen LogP contribution is 2.31. The number of para-hydroxylation sites is 1. The lowest BCUT2D eigenvalue weighted by Crippen LogP contribution is -2.36. The number of hydrogen-bond acceptors (Lipinski definition) is 2. The monoisotopic (exact) mass is 423 g/mol. The summed E-state index contributed by atoms with van der Waals surface area (Å²) in [5.41, 5.74) is 4.99. The highest BCUT2D eigenvalue weighted by atomic mass is 79.9. The van der Waals surface area contributed by atoms with E-state index in [-0.39, 0.29) is 5.91 Å². The molecule has 0 bridgehead atoms. The van der Waals surface area contributed by atoms with Crippen LogP contribution in [0, 0.1) is 0 Å². The number of rotatable bonds is 2. The van der Waals surface area contributed by atoms with Gasteiger partial charge in [0.05, 0.1) is 0 Å². The van der Waals surface area contributed by atoms with Crippen molar-refractivity contribution in [1.82, 2.24) is 9.47 Å². The first-order valence-corrected chi connectivity index (χ1v) is 9.84. The number of anilines is 1. The predicted octanol–water partition coefficient (Wildman–Crippen LogP) is 4.55. The zero-order valence-electron chi connectivity index (χ0n) is 15.5. The molecule has 1 aliphatic heterocycles. The van der Waals surface area contributed by atoms with Crippen LogP contribution in [0.5, 0.6) is 0 Å². The first-order valence-electron chi connectivity index (χ1n) is 9.05. The molecule has 0 aliphatic carbocycles. The number of carbonyl (C=O) groups is 1. The quantitative estimate of drug-likeness (QED) is 0.604. The van der Waals surface area contributed by atoms with Crippen molar-refractivity contribution in [2.24, 2.45) is 7.05 Å². The summed E-state index contributed by atoms with van der Waals surface area (Å²) in [5, 5.41) is 0. The Balaban J connectivity index is 1.73. The van der Waals surface area contributed by atoms with E-state index in [1.165, 1.54) is 5.56 Å². The van der Waals surface area contributed by atoms with Crippen LogP contribution >= 0.6 is 15.9 Å². The summed E-state index contributed by atoms with van der Waals surface area (Å²) in [6.45, 7) is 2.39. The van der Waals surface area contributed by atoms with E-state index in [9.17, 15) is 4.79 Å². The van der Waals surface area contributed by atoms with Gasteiger partial charge in [-0.1, -0.05) is 52.3 Å². The summed E-state index contributed by atoms with van der Waals surface area (Å²) in [6, 6.07) is 20.2. The molecule has 0 fully saturated rings. The number of fused-ring (bicyclic) bond motifs is 1.